The standard InChI is InChI=1S/C25H30N6O2/c1-18-8-11-26-21(16-18)31-23-17-22(29-19(2)30-23)27-12-13-28-24(32)25(9-14-33-15-10-25)20-6-4-3-5-7-20/h3-8,11,16-17H,9-10,12-15H2,1-2H3,(H,28,32)(H2,26,27,29,30,31). The lowest BCUT2D eigenvalue weighted by molar-refractivity contribution is -0.130. The molecule has 3 heterocycles. The van der Waals surface area contributed by atoms with Gasteiger partial charge in [-0.1, -0.05) is 30.3 Å². The predicted octanol–water partition coefficient (Wildman–Crippen LogP) is 3.51. The fraction of sp³-hybridized carbons (Fsp3) is 0.360. The Hall–Kier alpha value is -3.52. The molecule has 0 bridgehead atoms. The number of hydrogen-bond donors (Lipinski definition) is 3. The Balaban J connectivity index is 1.35. The van der Waals surface area contributed by atoms with E-state index in [1.807, 2.05) is 62.4 Å². The average Bonchev–Trinajstić information content (AvgIpc) is 2.82. The lowest BCUT2D eigenvalue weighted by Crippen LogP contribution is -2.49. The number of benzene rings is 1. The number of amides is 1. The third-order valence-corrected chi connectivity index (χ3v) is 5.83. The number of pyridine rings is 1. The van der Waals surface area contributed by atoms with Gasteiger partial charge in [-0.15, -0.1) is 0 Å². The van der Waals surface area contributed by atoms with Gasteiger partial charge in [0.25, 0.3) is 0 Å². The van der Waals surface area contributed by atoms with E-state index in [0.29, 0.717) is 56.6 Å². The van der Waals surface area contributed by atoms with Crippen molar-refractivity contribution in [3.63, 3.8) is 0 Å². The van der Waals surface area contributed by atoms with Gasteiger partial charge in [-0.2, -0.15) is 0 Å². The van der Waals surface area contributed by atoms with Crippen LogP contribution in [0.4, 0.5) is 17.5 Å². The Morgan fingerprint density at radius 2 is 1.73 bits per heavy atom. The molecule has 1 aliphatic rings. The van der Waals surface area contributed by atoms with Gasteiger partial charge < -0.3 is 20.7 Å². The highest BCUT2D eigenvalue weighted by molar-refractivity contribution is 5.88. The molecular formula is C25H30N6O2. The van der Waals surface area contributed by atoms with Crippen LogP contribution in [-0.2, 0) is 14.9 Å². The molecule has 1 aliphatic heterocycles. The Morgan fingerprint density at radius 1 is 0.970 bits per heavy atom. The van der Waals surface area contributed by atoms with Crippen molar-refractivity contribution in [2.45, 2.75) is 32.1 Å². The van der Waals surface area contributed by atoms with Gasteiger partial charge in [0, 0.05) is 38.6 Å². The molecule has 1 amide bonds. The number of nitrogens with one attached hydrogen (secondary N) is 3. The largest absolute Gasteiger partial charge is 0.381 e. The highest BCUT2D eigenvalue weighted by Gasteiger charge is 2.41. The van der Waals surface area contributed by atoms with Crippen molar-refractivity contribution in [2.24, 2.45) is 0 Å². The SMILES string of the molecule is Cc1ccnc(Nc2cc(NCCNC(=O)C3(c4ccccc4)CCOCC3)nc(C)n2)c1. The number of anilines is 3. The summed E-state index contributed by atoms with van der Waals surface area (Å²) in [5, 5.41) is 9.61. The maximum absolute atomic E-state index is 13.2. The summed E-state index contributed by atoms with van der Waals surface area (Å²) in [6.45, 7) is 6.07. The van der Waals surface area contributed by atoms with Crippen molar-refractivity contribution in [2.75, 3.05) is 36.9 Å². The van der Waals surface area contributed by atoms with E-state index in [-0.39, 0.29) is 5.91 Å². The number of aromatic nitrogens is 3. The molecule has 172 valence electrons. The molecule has 33 heavy (non-hydrogen) atoms. The van der Waals surface area contributed by atoms with Crippen molar-refractivity contribution in [1.82, 2.24) is 20.3 Å². The molecule has 8 heteroatoms. The summed E-state index contributed by atoms with van der Waals surface area (Å²) in [6, 6.07) is 15.7. The molecule has 0 unspecified atom stereocenters. The highest BCUT2D eigenvalue weighted by Crippen LogP contribution is 2.35. The molecule has 8 nitrogen and oxygen atoms in total. The van der Waals surface area contributed by atoms with E-state index >= 15 is 0 Å². The van der Waals surface area contributed by atoms with Crippen molar-refractivity contribution < 1.29 is 9.53 Å². The molecule has 1 fully saturated rings. The minimum Gasteiger partial charge on any atom is -0.381 e. The van der Waals surface area contributed by atoms with Gasteiger partial charge in [0.2, 0.25) is 5.91 Å². The Morgan fingerprint density at radius 3 is 2.48 bits per heavy atom. The number of carbonyl (C=O) groups is 1. The van der Waals surface area contributed by atoms with Gasteiger partial charge in [0.05, 0.1) is 5.41 Å². The molecule has 4 rings (SSSR count). The predicted molar refractivity (Wildman–Crippen MR) is 129 cm³/mol. The van der Waals surface area contributed by atoms with E-state index in [1.165, 1.54) is 0 Å². The lowest BCUT2D eigenvalue weighted by atomic mass is 9.73. The molecule has 0 aliphatic carbocycles. The maximum Gasteiger partial charge on any atom is 0.230 e. The average molecular weight is 447 g/mol. The van der Waals surface area contributed by atoms with Crippen LogP contribution >= 0.6 is 0 Å². The second-order valence-electron chi connectivity index (χ2n) is 8.27. The van der Waals surface area contributed by atoms with E-state index in [1.54, 1.807) is 6.20 Å². The zero-order valence-corrected chi connectivity index (χ0v) is 19.1. The minimum absolute atomic E-state index is 0.0468. The van der Waals surface area contributed by atoms with E-state index in [9.17, 15) is 4.79 Å². The molecule has 1 aromatic carbocycles. The summed E-state index contributed by atoms with van der Waals surface area (Å²) in [5.41, 5.74) is 1.62. The van der Waals surface area contributed by atoms with Crippen molar-refractivity contribution in [3.8, 4) is 0 Å². The second kappa shape index (κ2) is 10.4. The first-order valence-corrected chi connectivity index (χ1v) is 11.3. The van der Waals surface area contributed by atoms with Crippen LogP contribution in [0, 0.1) is 13.8 Å². The summed E-state index contributed by atoms with van der Waals surface area (Å²) < 4.78 is 5.53. The summed E-state index contributed by atoms with van der Waals surface area (Å²) in [7, 11) is 0. The quantitative estimate of drug-likeness (QED) is 0.455. The lowest BCUT2D eigenvalue weighted by Gasteiger charge is -2.36. The first-order chi connectivity index (χ1) is 16.0. The third-order valence-electron chi connectivity index (χ3n) is 5.83. The number of rotatable bonds is 8. The smallest absolute Gasteiger partial charge is 0.230 e. The molecule has 0 atom stereocenters. The molecule has 2 aromatic heterocycles. The number of nitrogens with zero attached hydrogens (tertiary/aromatic N) is 3. The Kier molecular flexibility index (Phi) is 7.14. The maximum atomic E-state index is 13.2. The van der Waals surface area contributed by atoms with Crippen molar-refractivity contribution in [1.29, 1.82) is 0 Å². The van der Waals surface area contributed by atoms with E-state index < -0.39 is 5.41 Å². The Bertz CT molecular complexity index is 1080. The molecule has 0 spiro atoms. The van der Waals surface area contributed by atoms with Crippen molar-refractivity contribution >= 4 is 23.4 Å². The Labute approximate surface area is 194 Å². The zero-order chi connectivity index (χ0) is 23.1. The normalized spacial score (nSPS) is 15.0. The summed E-state index contributed by atoms with van der Waals surface area (Å²) in [4.78, 5) is 26.4. The number of aryl methyl sites for hydroxylation is 2. The fourth-order valence-electron chi connectivity index (χ4n) is 4.12. The zero-order valence-electron chi connectivity index (χ0n) is 19.1. The molecule has 0 radical (unpaired) electrons. The van der Waals surface area contributed by atoms with E-state index in [2.05, 4.69) is 30.9 Å². The van der Waals surface area contributed by atoms with E-state index in [4.69, 9.17) is 4.74 Å². The third kappa shape index (κ3) is 5.64. The molecule has 3 N–H and O–H groups in total. The van der Waals surface area contributed by atoms with Crippen molar-refractivity contribution in [3.05, 3.63) is 71.7 Å². The van der Waals surface area contributed by atoms with Crippen LogP contribution in [-0.4, -0.2) is 47.2 Å². The summed E-state index contributed by atoms with van der Waals surface area (Å²) >= 11 is 0. The fourth-order valence-corrected chi connectivity index (χ4v) is 4.12. The molecular weight excluding hydrogens is 416 g/mol. The van der Waals surface area contributed by atoms with Crippen LogP contribution in [0.1, 0.15) is 29.8 Å². The molecule has 3 aromatic rings. The number of ether oxygens (including phenoxy) is 1. The van der Waals surface area contributed by atoms with Gasteiger partial charge >= 0.3 is 0 Å². The van der Waals surface area contributed by atoms with Crippen LogP contribution in [0.15, 0.2) is 54.7 Å². The highest BCUT2D eigenvalue weighted by atomic mass is 16.5. The van der Waals surface area contributed by atoms with Crippen LogP contribution in [0.25, 0.3) is 0 Å². The first-order valence-electron chi connectivity index (χ1n) is 11.3. The number of hydrogen-bond acceptors (Lipinski definition) is 7. The van der Waals surface area contributed by atoms with Gasteiger partial charge in [-0.3, -0.25) is 4.79 Å². The number of carbonyl (C=O) groups excluding carboxylic acids is 1. The van der Waals surface area contributed by atoms with Gasteiger partial charge in [0.1, 0.15) is 23.3 Å². The van der Waals surface area contributed by atoms with Gasteiger partial charge in [-0.25, -0.2) is 15.0 Å². The second-order valence-corrected chi connectivity index (χ2v) is 8.27. The topological polar surface area (TPSA) is 101 Å². The van der Waals surface area contributed by atoms with Crippen LogP contribution < -0.4 is 16.0 Å². The molecule has 1 saturated heterocycles. The molecule has 0 saturated carbocycles. The van der Waals surface area contributed by atoms with Crippen LogP contribution in [0.2, 0.25) is 0 Å². The summed E-state index contributed by atoms with van der Waals surface area (Å²) in [5.74, 6) is 2.78. The van der Waals surface area contributed by atoms with E-state index in [0.717, 1.165) is 16.9 Å². The van der Waals surface area contributed by atoms with Gasteiger partial charge in [-0.05, 0) is 49.9 Å². The van der Waals surface area contributed by atoms with Crippen LogP contribution in [0.5, 0.6) is 0 Å². The van der Waals surface area contributed by atoms with Crippen LogP contribution in [0.3, 0.4) is 0 Å². The minimum atomic E-state index is -0.539. The first kappa shape index (κ1) is 22.7. The van der Waals surface area contributed by atoms with Gasteiger partial charge in [0.15, 0.2) is 0 Å². The monoisotopic (exact) mass is 446 g/mol. The summed E-state index contributed by atoms with van der Waals surface area (Å²) in [6.07, 6.45) is 3.13.